The van der Waals surface area contributed by atoms with E-state index in [9.17, 15) is 4.79 Å². The first kappa shape index (κ1) is 16.9. The van der Waals surface area contributed by atoms with Crippen LogP contribution in [-0.4, -0.2) is 11.0 Å². The monoisotopic (exact) mass is 346 g/mol. The summed E-state index contributed by atoms with van der Waals surface area (Å²) in [6, 6.07) is 21.9. The SMILES string of the molecule is Cc1ccc(NC(=S)NC(=O)/C=C/c2cccc3ccccc23)cc1. The summed E-state index contributed by atoms with van der Waals surface area (Å²) in [6.45, 7) is 2.02. The van der Waals surface area contributed by atoms with Crippen LogP contribution in [0.1, 0.15) is 11.1 Å². The van der Waals surface area contributed by atoms with Crippen molar-refractivity contribution in [1.82, 2.24) is 5.32 Å². The molecule has 4 heteroatoms. The summed E-state index contributed by atoms with van der Waals surface area (Å²) in [5.74, 6) is -0.266. The van der Waals surface area contributed by atoms with Gasteiger partial charge in [-0.05, 0) is 53.7 Å². The van der Waals surface area contributed by atoms with Gasteiger partial charge in [0.2, 0.25) is 5.91 Å². The molecule has 0 heterocycles. The molecule has 0 saturated heterocycles. The molecule has 0 radical (unpaired) electrons. The smallest absolute Gasteiger partial charge is 0.250 e. The van der Waals surface area contributed by atoms with Gasteiger partial charge in [0, 0.05) is 11.8 Å². The van der Waals surface area contributed by atoms with Crippen molar-refractivity contribution >= 4 is 45.8 Å². The third kappa shape index (κ3) is 4.52. The summed E-state index contributed by atoms with van der Waals surface area (Å²) in [7, 11) is 0. The largest absolute Gasteiger partial charge is 0.332 e. The number of aryl methyl sites for hydroxylation is 1. The van der Waals surface area contributed by atoms with Gasteiger partial charge in [0.1, 0.15) is 0 Å². The van der Waals surface area contributed by atoms with E-state index in [0.717, 1.165) is 22.0 Å². The highest BCUT2D eigenvalue weighted by atomic mass is 32.1. The molecule has 3 rings (SSSR count). The molecular weight excluding hydrogens is 328 g/mol. The van der Waals surface area contributed by atoms with Crippen molar-refractivity contribution in [2.45, 2.75) is 6.92 Å². The number of hydrogen-bond donors (Lipinski definition) is 2. The van der Waals surface area contributed by atoms with Gasteiger partial charge in [0.25, 0.3) is 0 Å². The predicted molar refractivity (Wildman–Crippen MR) is 109 cm³/mol. The van der Waals surface area contributed by atoms with Gasteiger partial charge in [-0.2, -0.15) is 0 Å². The van der Waals surface area contributed by atoms with Crippen molar-refractivity contribution < 1.29 is 4.79 Å². The fraction of sp³-hybridized carbons (Fsp3) is 0.0476. The summed E-state index contributed by atoms with van der Waals surface area (Å²) in [6.07, 6.45) is 3.29. The molecule has 0 aliphatic heterocycles. The zero-order valence-electron chi connectivity index (χ0n) is 13.8. The van der Waals surface area contributed by atoms with Crippen molar-refractivity contribution in [2.75, 3.05) is 5.32 Å². The van der Waals surface area contributed by atoms with E-state index in [-0.39, 0.29) is 11.0 Å². The van der Waals surface area contributed by atoms with Gasteiger partial charge < -0.3 is 5.32 Å². The van der Waals surface area contributed by atoms with Crippen LogP contribution < -0.4 is 10.6 Å². The molecular formula is C21H18N2OS. The summed E-state index contributed by atoms with van der Waals surface area (Å²) < 4.78 is 0. The van der Waals surface area contributed by atoms with Gasteiger partial charge >= 0.3 is 0 Å². The van der Waals surface area contributed by atoms with E-state index >= 15 is 0 Å². The summed E-state index contributed by atoms with van der Waals surface area (Å²) in [5, 5.41) is 8.17. The van der Waals surface area contributed by atoms with Crippen molar-refractivity contribution in [1.29, 1.82) is 0 Å². The first-order chi connectivity index (χ1) is 12.1. The molecule has 0 atom stereocenters. The van der Waals surface area contributed by atoms with Crippen LogP contribution in [0, 0.1) is 6.92 Å². The van der Waals surface area contributed by atoms with Crippen LogP contribution >= 0.6 is 12.2 Å². The first-order valence-corrected chi connectivity index (χ1v) is 8.37. The molecule has 0 fully saturated rings. The fourth-order valence-electron chi connectivity index (χ4n) is 2.51. The molecule has 124 valence electrons. The number of benzene rings is 3. The average molecular weight is 346 g/mol. The first-order valence-electron chi connectivity index (χ1n) is 7.96. The summed E-state index contributed by atoms with van der Waals surface area (Å²) >= 11 is 5.18. The Balaban J connectivity index is 1.64. The Hall–Kier alpha value is -2.98. The lowest BCUT2D eigenvalue weighted by atomic mass is 10.0. The Morgan fingerprint density at radius 3 is 2.48 bits per heavy atom. The number of rotatable bonds is 3. The van der Waals surface area contributed by atoms with Gasteiger partial charge in [-0.3, -0.25) is 10.1 Å². The van der Waals surface area contributed by atoms with E-state index in [2.05, 4.69) is 10.6 Å². The maximum absolute atomic E-state index is 12.1. The van der Waals surface area contributed by atoms with Gasteiger partial charge in [0.05, 0.1) is 0 Å². The molecule has 1 amide bonds. The highest BCUT2D eigenvalue weighted by Gasteiger charge is 2.02. The van der Waals surface area contributed by atoms with Crippen LogP contribution in [0.25, 0.3) is 16.8 Å². The predicted octanol–water partition coefficient (Wildman–Crippen LogP) is 4.67. The minimum atomic E-state index is -0.266. The van der Waals surface area contributed by atoms with E-state index in [1.165, 1.54) is 11.6 Å². The molecule has 25 heavy (non-hydrogen) atoms. The maximum Gasteiger partial charge on any atom is 0.250 e. The number of nitrogens with one attached hydrogen (secondary N) is 2. The number of anilines is 1. The standard InChI is InChI=1S/C21H18N2OS/c1-15-9-12-18(13-10-15)22-21(25)23-20(24)14-11-17-7-4-6-16-5-2-3-8-19(16)17/h2-14H,1H3,(H2,22,23,24,25)/b14-11+. The highest BCUT2D eigenvalue weighted by molar-refractivity contribution is 7.80. The Morgan fingerprint density at radius 2 is 1.68 bits per heavy atom. The minimum absolute atomic E-state index is 0.266. The van der Waals surface area contributed by atoms with Gasteiger partial charge in [-0.1, -0.05) is 60.2 Å². The van der Waals surface area contributed by atoms with Gasteiger partial charge in [-0.15, -0.1) is 0 Å². The minimum Gasteiger partial charge on any atom is -0.332 e. The lowest BCUT2D eigenvalue weighted by Crippen LogP contribution is -2.32. The Kier molecular flexibility index (Phi) is 5.21. The molecule has 0 aromatic heterocycles. The lowest BCUT2D eigenvalue weighted by Gasteiger charge is -2.08. The average Bonchev–Trinajstić information content (AvgIpc) is 2.62. The second-order valence-corrected chi connectivity index (χ2v) is 6.12. The lowest BCUT2D eigenvalue weighted by molar-refractivity contribution is -0.115. The van der Waals surface area contributed by atoms with Crippen molar-refractivity contribution in [2.24, 2.45) is 0 Å². The molecule has 2 N–H and O–H groups in total. The molecule has 3 nitrogen and oxygen atoms in total. The van der Waals surface area contributed by atoms with E-state index in [0.29, 0.717) is 0 Å². The number of thiocarbonyl (C=S) groups is 1. The fourth-order valence-corrected chi connectivity index (χ4v) is 2.73. The van der Waals surface area contributed by atoms with Crippen molar-refractivity contribution in [3.05, 3.63) is 83.9 Å². The van der Waals surface area contributed by atoms with E-state index in [1.54, 1.807) is 6.08 Å². The topological polar surface area (TPSA) is 41.1 Å². The molecule has 0 bridgehead atoms. The second kappa shape index (κ2) is 7.73. The number of fused-ring (bicyclic) bond motifs is 1. The van der Waals surface area contributed by atoms with Crippen LogP contribution in [0.4, 0.5) is 5.69 Å². The molecule has 0 unspecified atom stereocenters. The van der Waals surface area contributed by atoms with Gasteiger partial charge in [-0.25, -0.2) is 0 Å². The Morgan fingerprint density at radius 1 is 0.960 bits per heavy atom. The second-order valence-electron chi connectivity index (χ2n) is 5.71. The van der Waals surface area contributed by atoms with Crippen LogP contribution in [0.2, 0.25) is 0 Å². The Bertz CT molecular complexity index is 940. The highest BCUT2D eigenvalue weighted by Crippen LogP contribution is 2.19. The summed E-state index contributed by atoms with van der Waals surface area (Å²) in [4.78, 5) is 12.1. The number of carbonyl (C=O) groups is 1. The molecule has 3 aromatic rings. The Labute approximate surface area is 152 Å². The van der Waals surface area contributed by atoms with Crippen molar-refractivity contribution in [3.8, 4) is 0 Å². The van der Waals surface area contributed by atoms with E-state index < -0.39 is 0 Å². The molecule has 0 saturated carbocycles. The number of carbonyl (C=O) groups excluding carboxylic acids is 1. The summed E-state index contributed by atoms with van der Waals surface area (Å²) in [5.41, 5.74) is 3.00. The molecule has 0 aliphatic carbocycles. The third-order valence-electron chi connectivity index (χ3n) is 3.78. The zero-order chi connectivity index (χ0) is 17.6. The number of amides is 1. The van der Waals surface area contributed by atoms with E-state index in [4.69, 9.17) is 12.2 Å². The maximum atomic E-state index is 12.1. The van der Waals surface area contributed by atoms with Crippen molar-refractivity contribution in [3.63, 3.8) is 0 Å². The van der Waals surface area contributed by atoms with Crippen LogP contribution in [0.15, 0.2) is 72.8 Å². The van der Waals surface area contributed by atoms with E-state index in [1.807, 2.05) is 73.7 Å². The van der Waals surface area contributed by atoms with Gasteiger partial charge in [0.15, 0.2) is 5.11 Å². The van der Waals surface area contributed by atoms with Crippen LogP contribution in [0.3, 0.4) is 0 Å². The molecule has 0 aliphatic rings. The van der Waals surface area contributed by atoms with Crippen LogP contribution in [-0.2, 0) is 4.79 Å². The third-order valence-corrected chi connectivity index (χ3v) is 3.99. The van der Waals surface area contributed by atoms with Crippen LogP contribution in [0.5, 0.6) is 0 Å². The number of hydrogen-bond acceptors (Lipinski definition) is 2. The quantitative estimate of drug-likeness (QED) is 0.535. The normalized spacial score (nSPS) is 10.8. The molecule has 3 aromatic carbocycles. The molecule has 0 spiro atoms. The zero-order valence-corrected chi connectivity index (χ0v) is 14.6.